The molecule has 2 heterocycles. The van der Waals surface area contributed by atoms with Gasteiger partial charge in [-0.15, -0.1) is 4.74 Å². The summed E-state index contributed by atoms with van der Waals surface area (Å²) in [6.45, 7) is 8.38. The first-order chi connectivity index (χ1) is 18.7. The minimum Gasteiger partial charge on any atom is -0.315 e. The quantitative estimate of drug-likeness (QED) is 0.293. The van der Waals surface area contributed by atoms with E-state index < -0.39 is 23.2 Å². The fourth-order valence-corrected chi connectivity index (χ4v) is 5.76. The smallest absolute Gasteiger partial charge is 0.315 e. The number of amides is 2. The van der Waals surface area contributed by atoms with Crippen LogP contribution in [-0.2, 0) is 0 Å². The lowest BCUT2D eigenvalue weighted by molar-refractivity contribution is 0.0906. The van der Waals surface area contributed by atoms with Crippen molar-refractivity contribution in [1.82, 2.24) is 14.2 Å². The van der Waals surface area contributed by atoms with Crippen LogP contribution in [0.4, 0.5) is 10.5 Å². The topological polar surface area (TPSA) is 80.7 Å². The zero-order valence-corrected chi connectivity index (χ0v) is 22.4. The monoisotopic (exact) mass is 522 g/mol. The zero-order valence-electron chi connectivity index (χ0n) is 22.4. The normalized spacial score (nSPS) is 17.2. The number of benzene rings is 4. The Hall–Kier alpha value is -4.59. The molecule has 4 aromatic carbocycles. The molecule has 1 aliphatic rings. The lowest BCUT2D eigenvalue weighted by atomic mass is 9.98. The highest BCUT2D eigenvalue weighted by molar-refractivity contribution is 6.05. The van der Waals surface area contributed by atoms with Crippen molar-refractivity contribution in [3.63, 3.8) is 0 Å². The van der Waals surface area contributed by atoms with Gasteiger partial charge in [0.25, 0.3) is 0 Å². The van der Waals surface area contributed by atoms with Gasteiger partial charge in [0.2, 0.25) is 0 Å². The number of urea groups is 1. The molecule has 0 bridgehead atoms. The van der Waals surface area contributed by atoms with E-state index in [9.17, 15) is 14.4 Å². The van der Waals surface area contributed by atoms with E-state index in [4.69, 9.17) is 4.52 Å². The van der Waals surface area contributed by atoms with E-state index in [-0.39, 0.29) is 11.9 Å². The number of nitrogens with zero attached hydrogens (tertiary/aromatic N) is 4. The molecule has 1 aliphatic heterocycles. The third-order valence-electron chi connectivity index (χ3n) is 7.55. The lowest BCUT2D eigenvalue weighted by Gasteiger charge is -2.34. The highest BCUT2D eigenvalue weighted by Gasteiger charge is 2.55. The second-order valence-electron chi connectivity index (χ2n) is 11.0. The molecular weight excluding hydrogens is 492 g/mol. The molecule has 8 heteroatoms. The molecule has 1 fully saturated rings. The Morgan fingerprint density at radius 2 is 1.31 bits per heavy atom. The first-order valence-corrected chi connectivity index (χ1v) is 13.1. The minimum absolute atomic E-state index is 0.186. The summed E-state index contributed by atoms with van der Waals surface area (Å²) in [5.74, 6) is -0.620. The summed E-state index contributed by atoms with van der Waals surface area (Å²) >= 11 is 0. The largest absolute Gasteiger partial charge is 0.447 e. The van der Waals surface area contributed by atoms with Gasteiger partial charge in [0.15, 0.2) is 6.17 Å². The number of hydrogen-bond acceptors (Lipinski definition) is 4. The van der Waals surface area contributed by atoms with Crippen molar-refractivity contribution in [2.45, 2.75) is 39.4 Å². The molecule has 0 spiro atoms. The molecule has 0 unspecified atom stereocenters. The van der Waals surface area contributed by atoms with Crippen molar-refractivity contribution in [2.24, 2.45) is 5.92 Å². The Bertz CT molecular complexity index is 1830. The molecule has 198 valence electrons. The van der Waals surface area contributed by atoms with Gasteiger partial charge >= 0.3 is 17.5 Å². The SMILES string of the molecule is CC(C)CN1C(=O)N(c2cccc3ccccc23)[C@H](n2oc(=O)n(-c3cccc4ccccc34)c2=O)C1(C)C. The van der Waals surface area contributed by atoms with Gasteiger partial charge in [0, 0.05) is 17.3 Å². The standard InChI is InChI=1S/C31H30N4O4/c1-20(2)19-32-28(36)33(25-17-9-13-21-11-5-7-15-23(21)25)27(31(32,3)4)35-29(37)34(30(38)39-35)26-18-10-14-22-12-6-8-16-24(22)26/h5-18,20,27H,19H2,1-4H3/t27-/m1/s1. The molecule has 8 nitrogen and oxygen atoms in total. The zero-order chi connectivity index (χ0) is 27.5. The molecule has 0 N–H and O–H groups in total. The average molecular weight is 523 g/mol. The van der Waals surface area contributed by atoms with Gasteiger partial charge in [0.1, 0.15) is 0 Å². The van der Waals surface area contributed by atoms with Crippen LogP contribution < -0.4 is 16.3 Å². The number of carbonyl (C=O) groups is 1. The maximum absolute atomic E-state index is 14.1. The fourth-order valence-electron chi connectivity index (χ4n) is 5.76. The van der Waals surface area contributed by atoms with E-state index in [2.05, 4.69) is 0 Å². The number of aromatic nitrogens is 2. The summed E-state index contributed by atoms with van der Waals surface area (Å²) in [6, 6.07) is 26.3. The van der Waals surface area contributed by atoms with Crippen molar-refractivity contribution < 1.29 is 9.32 Å². The Morgan fingerprint density at radius 1 is 0.769 bits per heavy atom. The molecule has 0 saturated carbocycles. The van der Waals surface area contributed by atoms with E-state index in [0.717, 1.165) is 30.9 Å². The van der Waals surface area contributed by atoms with Crippen LogP contribution >= 0.6 is 0 Å². The van der Waals surface area contributed by atoms with E-state index in [1.165, 1.54) is 0 Å². The lowest BCUT2D eigenvalue weighted by Crippen LogP contribution is -2.48. The highest BCUT2D eigenvalue weighted by Crippen LogP contribution is 2.44. The maximum Gasteiger partial charge on any atom is 0.447 e. The molecule has 5 aromatic rings. The van der Waals surface area contributed by atoms with Crippen molar-refractivity contribution in [3.8, 4) is 5.69 Å². The molecule has 0 radical (unpaired) electrons. The van der Waals surface area contributed by atoms with Crippen LogP contribution in [0.2, 0.25) is 0 Å². The van der Waals surface area contributed by atoms with Crippen molar-refractivity contribution in [1.29, 1.82) is 0 Å². The third kappa shape index (κ3) is 3.78. The van der Waals surface area contributed by atoms with Gasteiger partial charge in [-0.05, 0) is 42.7 Å². The summed E-state index contributed by atoms with van der Waals surface area (Å²) in [5, 5.41) is 3.47. The second kappa shape index (κ2) is 9.01. The summed E-state index contributed by atoms with van der Waals surface area (Å²) < 4.78 is 7.85. The Kier molecular flexibility index (Phi) is 5.71. The Morgan fingerprint density at radius 3 is 1.92 bits per heavy atom. The van der Waals surface area contributed by atoms with Gasteiger partial charge in [-0.2, -0.15) is 4.57 Å². The maximum atomic E-state index is 14.1. The molecule has 2 amide bonds. The van der Waals surface area contributed by atoms with Gasteiger partial charge in [-0.3, -0.25) is 4.90 Å². The van der Waals surface area contributed by atoms with Gasteiger partial charge < -0.3 is 9.42 Å². The van der Waals surface area contributed by atoms with E-state index >= 15 is 0 Å². The average Bonchev–Trinajstić information content (AvgIpc) is 3.31. The number of rotatable bonds is 5. The number of anilines is 1. The van der Waals surface area contributed by atoms with Crippen molar-refractivity contribution >= 4 is 33.3 Å². The fraction of sp³-hybridized carbons (Fsp3) is 0.258. The first-order valence-electron chi connectivity index (χ1n) is 13.1. The van der Waals surface area contributed by atoms with E-state index in [1.54, 1.807) is 21.9 Å². The molecule has 1 saturated heterocycles. The molecule has 1 aromatic heterocycles. The van der Waals surface area contributed by atoms with Crippen molar-refractivity contribution in [2.75, 3.05) is 11.4 Å². The second-order valence-corrected chi connectivity index (χ2v) is 11.0. The Labute approximate surface area is 225 Å². The van der Waals surface area contributed by atoms with Crippen LogP contribution in [0.25, 0.3) is 27.2 Å². The van der Waals surface area contributed by atoms with Gasteiger partial charge in [-0.25, -0.2) is 14.4 Å². The predicted molar refractivity (Wildman–Crippen MR) is 153 cm³/mol. The Balaban J connectivity index is 1.60. The van der Waals surface area contributed by atoms with Crippen LogP contribution in [0.3, 0.4) is 0 Å². The third-order valence-corrected chi connectivity index (χ3v) is 7.55. The molecule has 6 rings (SSSR count). The summed E-state index contributed by atoms with van der Waals surface area (Å²) in [4.78, 5) is 44.9. The predicted octanol–water partition coefficient (Wildman–Crippen LogP) is 5.77. The molecule has 0 aliphatic carbocycles. The number of fused-ring (bicyclic) bond motifs is 2. The summed E-state index contributed by atoms with van der Waals surface area (Å²) in [5.41, 5.74) is -0.444. The minimum atomic E-state index is -0.911. The first kappa shape index (κ1) is 24.7. The van der Waals surface area contributed by atoms with Crippen LogP contribution in [0.1, 0.15) is 33.9 Å². The molecule has 1 atom stereocenters. The van der Waals surface area contributed by atoms with Crippen molar-refractivity contribution in [3.05, 3.63) is 106 Å². The highest BCUT2D eigenvalue weighted by atomic mass is 16.5. The summed E-state index contributed by atoms with van der Waals surface area (Å²) in [6.07, 6.45) is -0.911. The van der Waals surface area contributed by atoms with E-state index in [0.29, 0.717) is 17.9 Å². The van der Waals surface area contributed by atoms with Gasteiger partial charge in [0.05, 0.1) is 16.9 Å². The van der Waals surface area contributed by atoms with Crippen LogP contribution in [0, 0.1) is 5.92 Å². The summed E-state index contributed by atoms with van der Waals surface area (Å²) in [7, 11) is 0. The van der Waals surface area contributed by atoms with Gasteiger partial charge in [-0.1, -0.05) is 86.6 Å². The molecular formula is C31H30N4O4. The van der Waals surface area contributed by atoms with Crippen LogP contribution in [0.15, 0.2) is 99.0 Å². The van der Waals surface area contributed by atoms with Crippen LogP contribution in [0.5, 0.6) is 0 Å². The molecule has 39 heavy (non-hydrogen) atoms. The number of carbonyl (C=O) groups excluding carboxylic acids is 1. The number of hydrogen-bond donors (Lipinski definition) is 0. The van der Waals surface area contributed by atoms with Crippen LogP contribution in [-0.4, -0.2) is 32.3 Å². The van der Waals surface area contributed by atoms with E-state index in [1.807, 2.05) is 100 Å².